The van der Waals surface area contributed by atoms with Gasteiger partial charge in [0.05, 0.1) is 21.9 Å². The first-order chi connectivity index (χ1) is 10.5. The average molecular weight is 336 g/mol. The number of amides is 1. The molecule has 5 nitrogen and oxygen atoms in total. The number of carbonyl (C=O) groups excluding carboxylic acids is 1. The number of thiazole rings is 1. The van der Waals surface area contributed by atoms with Gasteiger partial charge in [-0.2, -0.15) is 0 Å². The zero-order valence-corrected chi connectivity index (χ0v) is 13.7. The highest BCUT2D eigenvalue weighted by Crippen LogP contribution is 2.29. The number of carbonyl (C=O) groups is 1. The number of sulfone groups is 1. The van der Waals surface area contributed by atoms with E-state index < -0.39 is 9.84 Å². The fourth-order valence-corrected chi connectivity index (χ4v) is 5.17. The molecule has 0 radical (unpaired) electrons. The molecule has 0 saturated carbocycles. The Labute approximate surface area is 133 Å². The van der Waals surface area contributed by atoms with E-state index >= 15 is 0 Å². The van der Waals surface area contributed by atoms with Crippen LogP contribution < -0.4 is 0 Å². The summed E-state index contributed by atoms with van der Waals surface area (Å²) in [6, 6.07) is 9.35. The predicted molar refractivity (Wildman–Crippen MR) is 86.7 cm³/mol. The van der Waals surface area contributed by atoms with Crippen molar-refractivity contribution in [3.05, 3.63) is 41.5 Å². The molecule has 0 bridgehead atoms. The standard InChI is InChI=1S/C15H16N2O3S2/c1-17(12-7-8-22(19,20)9-12)15(18)13-14(21-10-16-13)11-5-3-2-4-6-11/h2-6,10,12H,7-9H2,1H3. The van der Waals surface area contributed by atoms with Gasteiger partial charge in [0, 0.05) is 13.1 Å². The molecule has 1 atom stereocenters. The van der Waals surface area contributed by atoms with E-state index in [0.29, 0.717) is 12.1 Å². The van der Waals surface area contributed by atoms with Crippen LogP contribution in [0.15, 0.2) is 35.8 Å². The third-order valence-electron chi connectivity index (χ3n) is 3.88. The van der Waals surface area contributed by atoms with E-state index in [1.807, 2.05) is 30.3 Å². The minimum Gasteiger partial charge on any atom is -0.336 e. The highest BCUT2D eigenvalue weighted by atomic mass is 32.2. The molecule has 0 N–H and O–H groups in total. The second-order valence-electron chi connectivity index (χ2n) is 5.37. The van der Waals surface area contributed by atoms with Crippen molar-refractivity contribution in [2.24, 2.45) is 0 Å². The van der Waals surface area contributed by atoms with Crippen LogP contribution in [0.25, 0.3) is 10.4 Å². The Morgan fingerprint density at radius 3 is 2.68 bits per heavy atom. The maximum absolute atomic E-state index is 12.7. The molecule has 7 heteroatoms. The predicted octanol–water partition coefficient (Wildman–Crippen LogP) is 2.07. The zero-order valence-electron chi connectivity index (χ0n) is 12.1. The molecule has 1 fully saturated rings. The lowest BCUT2D eigenvalue weighted by Gasteiger charge is -2.23. The van der Waals surface area contributed by atoms with Gasteiger partial charge in [0.2, 0.25) is 0 Å². The van der Waals surface area contributed by atoms with E-state index in [0.717, 1.165) is 10.4 Å². The summed E-state index contributed by atoms with van der Waals surface area (Å²) in [4.78, 5) is 19.2. The molecule has 2 heterocycles. The highest BCUT2D eigenvalue weighted by Gasteiger charge is 2.34. The second-order valence-corrected chi connectivity index (χ2v) is 8.45. The van der Waals surface area contributed by atoms with Crippen LogP contribution in [-0.2, 0) is 9.84 Å². The monoisotopic (exact) mass is 336 g/mol. The van der Waals surface area contributed by atoms with Crippen molar-refractivity contribution in [3.8, 4) is 10.4 Å². The number of aromatic nitrogens is 1. The van der Waals surface area contributed by atoms with Crippen LogP contribution in [0.1, 0.15) is 16.9 Å². The first-order valence-electron chi connectivity index (χ1n) is 6.94. The first kappa shape index (κ1) is 15.2. The van der Waals surface area contributed by atoms with Crippen molar-refractivity contribution in [2.75, 3.05) is 18.6 Å². The molecular formula is C15H16N2O3S2. The third kappa shape index (κ3) is 2.91. The Morgan fingerprint density at radius 2 is 2.05 bits per heavy atom. The number of hydrogen-bond acceptors (Lipinski definition) is 5. The second kappa shape index (κ2) is 5.81. The minimum absolute atomic E-state index is 0.0417. The van der Waals surface area contributed by atoms with E-state index in [-0.39, 0.29) is 23.5 Å². The summed E-state index contributed by atoms with van der Waals surface area (Å²) in [5, 5.41) is 0. The van der Waals surface area contributed by atoms with Crippen molar-refractivity contribution in [1.82, 2.24) is 9.88 Å². The van der Waals surface area contributed by atoms with Crippen molar-refractivity contribution in [3.63, 3.8) is 0 Å². The molecule has 1 aromatic carbocycles. The Morgan fingerprint density at radius 1 is 1.32 bits per heavy atom. The molecule has 1 unspecified atom stereocenters. The van der Waals surface area contributed by atoms with Gasteiger partial charge in [-0.3, -0.25) is 4.79 Å². The quantitative estimate of drug-likeness (QED) is 0.860. The summed E-state index contributed by atoms with van der Waals surface area (Å²) in [5.74, 6) is -0.0278. The summed E-state index contributed by atoms with van der Waals surface area (Å²) >= 11 is 1.41. The number of rotatable bonds is 3. The topological polar surface area (TPSA) is 67.3 Å². The molecule has 1 saturated heterocycles. The number of benzene rings is 1. The van der Waals surface area contributed by atoms with Gasteiger partial charge in [0.15, 0.2) is 9.84 Å². The fraction of sp³-hybridized carbons (Fsp3) is 0.333. The zero-order chi connectivity index (χ0) is 15.7. The van der Waals surface area contributed by atoms with E-state index in [9.17, 15) is 13.2 Å². The lowest BCUT2D eigenvalue weighted by Crippen LogP contribution is -2.38. The largest absolute Gasteiger partial charge is 0.336 e. The maximum Gasteiger partial charge on any atom is 0.274 e. The Kier molecular flexibility index (Phi) is 4.01. The lowest BCUT2D eigenvalue weighted by atomic mass is 10.1. The van der Waals surface area contributed by atoms with Crippen LogP contribution in [0.5, 0.6) is 0 Å². The summed E-state index contributed by atoms with van der Waals surface area (Å²) in [5.41, 5.74) is 2.98. The normalized spacial score (nSPS) is 20.0. The number of hydrogen-bond donors (Lipinski definition) is 0. The summed E-state index contributed by atoms with van der Waals surface area (Å²) < 4.78 is 23.2. The van der Waals surface area contributed by atoms with Crippen LogP contribution in [-0.4, -0.2) is 48.8 Å². The van der Waals surface area contributed by atoms with Crippen LogP contribution in [0, 0.1) is 0 Å². The van der Waals surface area contributed by atoms with E-state index in [2.05, 4.69) is 4.98 Å². The summed E-state index contributed by atoms with van der Waals surface area (Å²) in [6.07, 6.45) is 0.495. The molecule has 0 aliphatic carbocycles. The smallest absolute Gasteiger partial charge is 0.274 e. The van der Waals surface area contributed by atoms with Crippen LogP contribution in [0.3, 0.4) is 0 Å². The van der Waals surface area contributed by atoms with Crippen LogP contribution >= 0.6 is 11.3 Å². The van der Waals surface area contributed by atoms with Gasteiger partial charge in [-0.05, 0) is 12.0 Å². The molecule has 3 rings (SSSR count). The van der Waals surface area contributed by atoms with Crippen molar-refractivity contribution in [1.29, 1.82) is 0 Å². The third-order valence-corrected chi connectivity index (χ3v) is 6.51. The van der Waals surface area contributed by atoms with E-state index in [1.54, 1.807) is 12.6 Å². The molecule has 116 valence electrons. The molecule has 1 aromatic heterocycles. The van der Waals surface area contributed by atoms with Crippen molar-refractivity contribution in [2.45, 2.75) is 12.5 Å². The van der Waals surface area contributed by atoms with E-state index in [4.69, 9.17) is 0 Å². The van der Waals surface area contributed by atoms with Gasteiger partial charge in [-0.25, -0.2) is 13.4 Å². The Balaban J connectivity index is 1.86. The maximum atomic E-state index is 12.7. The van der Waals surface area contributed by atoms with Crippen LogP contribution in [0.2, 0.25) is 0 Å². The molecular weight excluding hydrogens is 320 g/mol. The number of nitrogens with zero attached hydrogens (tertiary/aromatic N) is 2. The first-order valence-corrected chi connectivity index (χ1v) is 9.64. The molecule has 0 spiro atoms. The van der Waals surface area contributed by atoms with Crippen molar-refractivity contribution < 1.29 is 13.2 Å². The minimum atomic E-state index is -3.02. The van der Waals surface area contributed by atoms with Gasteiger partial charge in [0.1, 0.15) is 5.69 Å². The Hall–Kier alpha value is -1.73. The Bertz CT molecular complexity index is 784. The van der Waals surface area contributed by atoms with Gasteiger partial charge in [-0.1, -0.05) is 30.3 Å². The fourth-order valence-electron chi connectivity index (χ4n) is 2.61. The highest BCUT2D eigenvalue weighted by molar-refractivity contribution is 7.91. The molecule has 22 heavy (non-hydrogen) atoms. The SMILES string of the molecule is CN(C(=O)c1ncsc1-c1ccccc1)C1CCS(=O)(=O)C1. The lowest BCUT2D eigenvalue weighted by molar-refractivity contribution is 0.0743. The van der Waals surface area contributed by atoms with Crippen molar-refractivity contribution >= 4 is 27.1 Å². The molecule has 2 aromatic rings. The molecule has 1 amide bonds. The summed E-state index contributed by atoms with van der Waals surface area (Å²) in [6.45, 7) is 0. The summed E-state index contributed by atoms with van der Waals surface area (Å²) in [7, 11) is -1.36. The van der Waals surface area contributed by atoms with Gasteiger partial charge in [-0.15, -0.1) is 11.3 Å². The average Bonchev–Trinajstić information content (AvgIpc) is 3.13. The molecule has 1 aliphatic rings. The molecule has 1 aliphatic heterocycles. The van der Waals surface area contributed by atoms with Gasteiger partial charge in [0.25, 0.3) is 5.91 Å². The van der Waals surface area contributed by atoms with Crippen LogP contribution in [0.4, 0.5) is 0 Å². The van der Waals surface area contributed by atoms with E-state index in [1.165, 1.54) is 16.2 Å². The van der Waals surface area contributed by atoms with Gasteiger partial charge < -0.3 is 4.90 Å². The van der Waals surface area contributed by atoms with Gasteiger partial charge >= 0.3 is 0 Å².